The van der Waals surface area contributed by atoms with Crippen LogP contribution in [-0.2, 0) is 11.2 Å². The molecule has 0 spiro atoms. The Labute approximate surface area is 189 Å². The topological polar surface area (TPSA) is 92.4 Å². The Morgan fingerprint density at radius 1 is 1.09 bits per heavy atom. The molecule has 0 heterocycles. The number of benzene rings is 2. The van der Waals surface area contributed by atoms with Crippen molar-refractivity contribution in [2.75, 3.05) is 6.54 Å². The lowest BCUT2D eigenvalue weighted by Gasteiger charge is -2.38. The fourth-order valence-corrected chi connectivity index (χ4v) is 4.53. The summed E-state index contributed by atoms with van der Waals surface area (Å²) in [6.45, 7) is 5.08. The minimum atomic E-state index is -1.05. The van der Waals surface area contributed by atoms with E-state index in [4.69, 9.17) is 10.8 Å². The molecule has 3 rings (SSSR count). The van der Waals surface area contributed by atoms with Gasteiger partial charge in [0.2, 0.25) is 0 Å². The highest BCUT2D eigenvalue weighted by Gasteiger charge is 2.32. The summed E-state index contributed by atoms with van der Waals surface area (Å²) in [5.41, 5.74) is 8.26. The molecule has 6 heteroatoms. The lowest BCUT2D eigenvalue weighted by molar-refractivity contribution is -0.138. The van der Waals surface area contributed by atoms with E-state index in [1.165, 1.54) is 12.1 Å². The van der Waals surface area contributed by atoms with Crippen molar-refractivity contribution in [2.24, 2.45) is 17.1 Å². The highest BCUT2D eigenvalue weighted by Crippen LogP contribution is 2.43. The molecule has 172 valence electrons. The third-order valence-electron chi connectivity index (χ3n) is 6.72. The van der Waals surface area contributed by atoms with Crippen LogP contribution in [0.3, 0.4) is 0 Å². The van der Waals surface area contributed by atoms with Crippen LogP contribution in [0.4, 0.5) is 4.39 Å². The molecule has 1 aliphatic rings. The number of carboxylic acid groups (broad SMARTS) is 1. The molecule has 0 aromatic heterocycles. The molecule has 0 bridgehead atoms. The third kappa shape index (κ3) is 6.39. The Morgan fingerprint density at radius 3 is 2.25 bits per heavy atom. The second-order valence-corrected chi connectivity index (χ2v) is 9.72. The lowest BCUT2D eigenvalue weighted by Crippen LogP contribution is -2.34. The number of nitrogens with one attached hydrogen (secondary N) is 1. The van der Waals surface area contributed by atoms with Gasteiger partial charge in [-0.3, -0.25) is 9.59 Å². The van der Waals surface area contributed by atoms with Crippen molar-refractivity contribution in [2.45, 2.75) is 57.9 Å². The normalized spacial score (nSPS) is 18.0. The van der Waals surface area contributed by atoms with Crippen molar-refractivity contribution in [1.29, 1.82) is 0 Å². The molecule has 1 aliphatic carbocycles. The van der Waals surface area contributed by atoms with Gasteiger partial charge in [-0.25, -0.2) is 4.39 Å². The van der Waals surface area contributed by atoms with Crippen molar-refractivity contribution in [3.8, 4) is 0 Å². The number of hydrogen-bond acceptors (Lipinski definition) is 3. The summed E-state index contributed by atoms with van der Waals surface area (Å²) in [6.07, 6.45) is 4.67. The number of rotatable bonds is 8. The van der Waals surface area contributed by atoms with E-state index in [2.05, 4.69) is 19.2 Å². The maximum atomic E-state index is 13.5. The Balaban J connectivity index is 1.66. The third-order valence-corrected chi connectivity index (χ3v) is 6.72. The average Bonchev–Trinajstić information content (AvgIpc) is 2.76. The van der Waals surface area contributed by atoms with Gasteiger partial charge in [-0.1, -0.05) is 38.1 Å². The summed E-state index contributed by atoms with van der Waals surface area (Å²) in [6, 6.07) is 12.5. The molecular formula is C26H33FN2O3. The largest absolute Gasteiger partial charge is 0.480 e. The number of carbonyl (C=O) groups excluding carboxylic acids is 1. The fraction of sp³-hybridized carbons (Fsp3) is 0.462. The summed E-state index contributed by atoms with van der Waals surface area (Å²) in [5.74, 6) is -0.923. The first-order chi connectivity index (χ1) is 15.1. The zero-order chi connectivity index (χ0) is 23.3. The number of amides is 1. The maximum Gasteiger partial charge on any atom is 0.320 e. The van der Waals surface area contributed by atoms with Gasteiger partial charge in [-0.05, 0) is 78.8 Å². The standard InChI is InChI=1S/C26H33FN2O3/c1-26(2)13-11-19(12-14-26)22(18-7-9-21(27)10-8-18)16-29-24(30)20-5-3-17(4-6-20)15-23(28)25(31)32/h3-10,19,22-23H,11-16,28H2,1-2H3,(H,29,30)(H,31,32)/t22-,23?/m0/s1. The van der Waals surface area contributed by atoms with Crippen LogP contribution >= 0.6 is 0 Å². The molecular weight excluding hydrogens is 407 g/mol. The fourth-order valence-electron chi connectivity index (χ4n) is 4.53. The SMILES string of the molecule is CC1(C)CCC([C@@H](CNC(=O)c2ccc(CC(N)C(=O)O)cc2)c2ccc(F)cc2)CC1. The monoisotopic (exact) mass is 440 g/mol. The first-order valence-electron chi connectivity index (χ1n) is 11.3. The zero-order valence-corrected chi connectivity index (χ0v) is 18.8. The molecule has 2 aromatic carbocycles. The van der Waals surface area contributed by atoms with E-state index in [1.807, 2.05) is 12.1 Å². The van der Waals surface area contributed by atoms with E-state index in [-0.39, 0.29) is 24.1 Å². The number of carbonyl (C=O) groups is 2. The number of carboxylic acids is 1. The van der Waals surface area contributed by atoms with Gasteiger partial charge < -0.3 is 16.2 Å². The predicted octanol–water partition coefficient (Wildman–Crippen LogP) is 4.51. The Bertz CT molecular complexity index is 915. The molecule has 1 unspecified atom stereocenters. The van der Waals surface area contributed by atoms with Gasteiger partial charge in [0.15, 0.2) is 0 Å². The summed E-state index contributed by atoms with van der Waals surface area (Å²) in [4.78, 5) is 23.7. The van der Waals surface area contributed by atoms with Crippen LogP contribution in [0.15, 0.2) is 48.5 Å². The average molecular weight is 441 g/mol. The number of halogens is 1. The number of aliphatic carboxylic acids is 1. The van der Waals surface area contributed by atoms with Crippen molar-refractivity contribution in [3.05, 3.63) is 71.0 Å². The second kappa shape index (κ2) is 10.3. The molecule has 1 saturated carbocycles. The minimum Gasteiger partial charge on any atom is -0.480 e. The highest BCUT2D eigenvalue weighted by molar-refractivity contribution is 5.94. The molecule has 5 nitrogen and oxygen atoms in total. The molecule has 2 atom stereocenters. The van der Waals surface area contributed by atoms with Crippen LogP contribution in [0.5, 0.6) is 0 Å². The van der Waals surface area contributed by atoms with E-state index in [0.717, 1.165) is 36.8 Å². The molecule has 2 aromatic rings. The maximum absolute atomic E-state index is 13.5. The van der Waals surface area contributed by atoms with Gasteiger partial charge in [0.05, 0.1) is 0 Å². The van der Waals surface area contributed by atoms with E-state index in [9.17, 15) is 14.0 Å². The quantitative estimate of drug-likeness (QED) is 0.563. The van der Waals surface area contributed by atoms with Crippen LogP contribution in [0.1, 0.15) is 66.9 Å². The zero-order valence-electron chi connectivity index (χ0n) is 18.8. The van der Waals surface area contributed by atoms with Gasteiger partial charge in [0, 0.05) is 18.0 Å². The molecule has 1 fully saturated rings. The van der Waals surface area contributed by atoms with Crippen molar-refractivity contribution in [1.82, 2.24) is 5.32 Å². The van der Waals surface area contributed by atoms with Crippen LogP contribution in [0, 0.1) is 17.2 Å². The van der Waals surface area contributed by atoms with E-state index < -0.39 is 12.0 Å². The highest BCUT2D eigenvalue weighted by atomic mass is 19.1. The number of nitrogens with two attached hydrogens (primary N) is 1. The van der Waals surface area contributed by atoms with Crippen LogP contribution in [0.25, 0.3) is 0 Å². The summed E-state index contributed by atoms with van der Waals surface area (Å²) in [5, 5.41) is 12.0. The predicted molar refractivity (Wildman–Crippen MR) is 123 cm³/mol. The van der Waals surface area contributed by atoms with Crippen molar-refractivity contribution >= 4 is 11.9 Å². The van der Waals surface area contributed by atoms with Gasteiger partial charge in [0.25, 0.3) is 5.91 Å². The first-order valence-corrected chi connectivity index (χ1v) is 11.3. The smallest absolute Gasteiger partial charge is 0.320 e. The second-order valence-electron chi connectivity index (χ2n) is 9.72. The van der Waals surface area contributed by atoms with Crippen LogP contribution in [0.2, 0.25) is 0 Å². The first kappa shape index (κ1) is 23.9. The van der Waals surface area contributed by atoms with Crippen molar-refractivity contribution in [3.63, 3.8) is 0 Å². The summed E-state index contributed by atoms with van der Waals surface area (Å²) >= 11 is 0. The number of hydrogen-bond donors (Lipinski definition) is 3. The van der Waals surface area contributed by atoms with Crippen LogP contribution in [-0.4, -0.2) is 29.6 Å². The molecule has 1 amide bonds. The van der Waals surface area contributed by atoms with E-state index in [0.29, 0.717) is 23.4 Å². The molecule has 4 N–H and O–H groups in total. The Morgan fingerprint density at radius 2 is 1.69 bits per heavy atom. The van der Waals surface area contributed by atoms with Gasteiger partial charge in [-0.15, -0.1) is 0 Å². The summed E-state index contributed by atoms with van der Waals surface area (Å²) < 4.78 is 13.5. The Hall–Kier alpha value is -2.73. The minimum absolute atomic E-state index is 0.128. The lowest BCUT2D eigenvalue weighted by atomic mass is 9.68. The van der Waals surface area contributed by atoms with Gasteiger partial charge >= 0.3 is 5.97 Å². The molecule has 0 aliphatic heterocycles. The van der Waals surface area contributed by atoms with Crippen LogP contribution < -0.4 is 11.1 Å². The van der Waals surface area contributed by atoms with E-state index >= 15 is 0 Å². The van der Waals surface area contributed by atoms with Crippen molar-refractivity contribution < 1.29 is 19.1 Å². The molecule has 0 radical (unpaired) electrons. The van der Waals surface area contributed by atoms with Gasteiger partial charge in [-0.2, -0.15) is 0 Å². The van der Waals surface area contributed by atoms with E-state index in [1.54, 1.807) is 24.3 Å². The molecule has 0 saturated heterocycles. The Kier molecular flexibility index (Phi) is 7.67. The summed E-state index contributed by atoms with van der Waals surface area (Å²) in [7, 11) is 0. The van der Waals surface area contributed by atoms with Gasteiger partial charge in [0.1, 0.15) is 11.9 Å². The molecule has 32 heavy (non-hydrogen) atoms.